The zero-order valence-corrected chi connectivity index (χ0v) is 15.3. The fourth-order valence-corrected chi connectivity index (χ4v) is 4.31. The summed E-state index contributed by atoms with van der Waals surface area (Å²) < 4.78 is 9.97. The lowest BCUT2D eigenvalue weighted by atomic mass is 9.85. The second-order valence-electron chi connectivity index (χ2n) is 7.20. The smallest absolute Gasteiger partial charge is 0.326 e. The van der Waals surface area contributed by atoms with Crippen molar-refractivity contribution < 1.29 is 28.7 Å². The number of methoxy groups -OCH3 is 1. The molecule has 1 aliphatic heterocycles. The van der Waals surface area contributed by atoms with Gasteiger partial charge in [-0.1, -0.05) is 12.2 Å². The predicted octanol–water partition coefficient (Wildman–Crippen LogP) is 0.984. The van der Waals surface area contributed by atoms with E-state index in [9.17, 15) is 19.2 Å². The number of imide groups is 1. The van der Waals surface area contributed by atoms with Crippen LogP contribution in [0.3, 0.4) is 0 Å². The van der Waals surface area contributed by atoms with Crippen LogP contribution >= 0.6 is 0 Å². The molecule has 1 saturated heterocycles. The molecular weight excluding hydrogens is 364 g/mol. The van der Waals surface area contributed by atoms with Crippen LogP contribution in [0, 0.1) is 23.7 Å². The molecule has 1 aromatic rings. The van der Waals surface area contributed by atoms with Gasteiger partial charge in [0.2, 0.25) is 11.8 Å². The second kappa shape index (κ2) is 7.10. The lowest BCUT2D eigenvalue weighted by Crippen LogP contribution is -2.38. The van der Waals surface area contributed by atoms with Gasteiger partial charge in [0.25, 0.3) is 5.91 Å². The van der Waals surface area contributed by atoms with Crippen molar-refractivity contribution >= 4 is 29.4 Å². The fourth-order valence-electron chi connectivity index (χ4n) is 4.31. The molecule has 8 heteroatoms. The zero-order chi connectivity index (χ0) is 19.8. The Morgan fingerprint density at radius 3 is 2.25 bits per heavy atom. The molecule has 3 amide bonds. The Bertz CT molecular complexity index is 832. The van der Waals surface area contributed by atoms with Gasteiger partial charge in [-0.3, -0.25) is 24.1 Å². The van der Waals surface area contributed by atoms with Crippen molar-refractivity contribution in [1.82, 2.24) is 4.90 Å². The monoisotopic (exact) mass is 384 g/mol. The number of hydrogen-bond donors (Lipinski definition) is 1. The topological polar surface area (TPSA) is 102 Å². The number of carbonyl (C=O) groups is 4. The van der Waals surface area contributed by atoms with Crippen LogP contribution in [0.1, 0.15) is 6.42 Å². The van der Waals surface area contributed by atoms with Crippen LogP contribution in [0.25, 0.3) is 0 Å². The van der Waals surface area contributed by atoms with E-state index in [1.54, 1.807) is 24.3 Å². The quantitative estimate of drug-likeness (QED) is 0.446. The number of hydrogen-bond acceptors (Lipinski definition) is 6. The Labute approximate surface area is 161 Å². The minimum Gasteiger partial charge on any atom is -0.497 e. The van der Waals surface area contributed by atoms with E-state index in [0.29, 0.717) is 11.4 Å². The lowest BCUT2D eigenvalue weighted by Gasteiger charge is -2.16. The maximum absolute atomic E-state index is 12.5. The molecular formula is C20H20N2O6. The van der Waals surface area contributed by atoms with Crippen LogP contribution in [-0.4, -0.2) is 48.9 Å². The third-order valence-electron chi connectivity index (χ3n) is 5.59. The number of likely N-dealkylation sites (tertiary alicyclic amines) is 1. The third-order valence-corrected chi connectivity index (χ3v) is 5.59. The van der Waals surface area contributed by atoms with Gasteiger partial charge >= 0.3 is 5.97 Å². The summed E-state index contributed by atoms with van der Waals surface area (Å²) in [6.45, 7) is -0.958. The number of fused-ring (bicyclic) bond motifs is 5. The van der Waals surface area contributed by atoms with Gasteiger partial charge in [-0.05, 0) is 42.5 Å². The highest BCUT2D eigenvalue weighted by molar-refractivity contribution is 6.08. The Morgan fingerprint density at radius 1 is 1.07 bits per heavy atom. The molecule has 8 nitrogen and oxygen atoms in total. The standard InChI is InChI=1S/C20H20N2O6/c1-27-14-6-4-13(5-7-14)21-15(23)10-28-16(24)9-22-19(25)17-11-2-3-12(8-11)18(17)20(22)26/h2-7,11-12,17-18H,8-10H2,1H3,(H,21,23)/t11-,12-,17-,18+/m0/s1. The van der Waals surface area contributed by atoms with Crippen LogP contribution in [0.5, 0.6) is 5.75 Å². The van der Waals surface area contributed by atoms with E-state index in [1.165, 1.54) is 7.11 Å². The summed E-state index contributed by atoms with van der Waals surface area (Å²) in [5, 5.41) is 2.58. The number of amides is 3. The second-order valence-corrected chi connectivity index (χ2v) is 7.20. The predicted molar refractivity (Wildman–Crippen MR) is 97.0 cm³/mol. The maximum atomic E-state index is 12.5. The number of esters is 1. The number of ether oxygens (including phenoxy) is 2. The molecule has 4 atom stereocenters. The molecule has 0 aromatic heterocycles. The maximum Gasteiger partial charge on any atom is 0.326 e. The van der Waals surface area contributed by atoms with Crippen LogP contribution in [0.4, 0.5) is 5.69 Å². The summed E-state index contributed by atoms with van der Waals surface area (Å²) >= 11 is 0. The van der Waals surface area contributed by atoms with Crippen LogP contribution in [0.15, 0.2) is 36.4 Å². The molecule has 4 rings (SSSR count). The largest absolute Gasteiger partial charge is 0.497 e. The van der Waals surface area contributed by atoms with Crippen molar-refractivity contribution in [2.24, 2.45) is 23.7 Å². The van der Waals surface area contributed by atoms with Crippen molar-refractivity contribution in [2.75, 3.05) is 25.6 Å². The summed E-state index contributed by atoms with van der Waals surface area (Å²) in [6, 6.07) is 6.68. The van der Waals surface area contributed by atoms with Crippen LogP contribution in [-0.2, 0) is 23.9 Å². The minimum absolute atomic E-state index is 0.0859. The van der Waals surface area contributed by atoms with Gasteiger partial charge in [0, 0.05) is 5.69 Å². The summed E-state index contributed by atoms with van der Waals surface area (Å²) in [7, 11) is 1.54. The number of nitrogens with zero attached hydrogens (tertiary/aromatic N) is 1. The lowest BCUT2D eigenvalue weighted by molar-refractivity contribution is -0.154. The first-order chi connectivity index (χ1) is 13.5. The first-order valence-electron chi connectivity index (χ1n) is 9.11. The first-order valence-corrected chi connectivity index (χ1v) is 9.11. The Balaban J connectivity index is 1.27. The zero-order valence-electron chi connectivity index (χ0n) is 15.3. The Hall–Kier alpha value is -3.16. The van der Waals surface area contributed by atoms with Crippen molar-refractivity contribution in [2.45, 2.75) is 6.42 Å². The minimum atomic E-state index is -0.785. The molecule has 146 valence electrons. The molecule has 1 N–H and O–H groups in total. The van der Waals surface area contributed by atoms with Gasteiger partial charge in [0.15, 0.2) is 6.61 Å². The molecule has 1 saturated carbocycles. The molecule has 0 spiro atoms. The number of anilines is 1. The van der Waals surface area contributed by atoms with E-state index < -0.39 is 25.0 Å². The summed E-state index contributed by atoms with van der Waals surface area (Å²) in [5.41, 5.74) is 0.530. The fraction of sp³-hybridized carbons (Fsp3) is 0.400. The van der Waals surface area contributed by atoms with Gasteiger partial charge in [0.1, 0.15) is 12.3 Å². The van der Waals surface area contributed by atoms with Gasteiger partial charge in [-0.2, -0.15) is 0 Å². The van der Waals surface area contributed by atoms with Crippen molar-refractivity contribution in [3.63, 3.8) is 0 Å². The summed E-state index contributed by atoms with van der Waals surface area (Å²) in [4.78, 5) is 50.0. The highest BCUT2D eigenvalue weighted by Gasteiger charge is 2.59. The molecule has 0 unspecified atom stereocenters. The summed E-state index contributed by atoms with van der Waals surface area (Å²) in [6.07, 6.45) is 4.81. The highest BCUT2D eigenvalue weighted by Crippen LogP contribution is 2.52. The normalized spacial score (nSPS) is 27.1. The SMILES string of the molecule is COc1ccc(NC(=O)COC(=O)CN2C(=O)[C@@H]3[C@H](C2=O)[C@H]2C=C[C@H]3C2)cc1. The molecule has 0 radical (unpaired) electrons. The Morgan fingerprint density at radius 2 is 1.68 bits per heavy atom. The van der Waals surface area contributed by atoms with Gasteiger partial charge in [-0.25, -0.2) is 0 Å². The number of benzene rings is 1. The van der Waals surface area contributed by atoms with Crippen molar-refractivity contribution in [1.29, 1.82) is 0 Å². The third kappa shape index (κ3) is 3.15. The van der Waals surface area contributed by atoms with E-state index >= 15 is 0 Å². The molecule has 1 aromatic carbocycles. The van der Waals surface area contributed by atoms with Crippen LogP contribution in [0.2, 0.25) is 0 Å². The first kappa shape index (κ1) is 18.2. The van der Waals surface area contributed by atoms with Gasteiger partial charge in [0.05, 0.1) is 18.9 Å². The average Bonchev–Trinajstić information content (AvgIpc) is 3.37. The van der Waals surface area contributed by atoms with E-state index in [4.69, 9.17) is 9.47 Å². The van der Waals surface area contributed by atoms with Gasteiger partial charge < -0.3 is 14.8 Å². The molecule has 3 aliphatic rings. The number of rotatable bonds is 6. The number of carbonyl (C=O) groups excluding carboxylic acids is 4. The highest BCUT2D eigenvalue weighted by atomic mass is 16.5. The van der Waals surface area contributed by atoms with E-state index in [2.05, 4.69) is 5.32 Å². The molecule has 28 heavy (non-hydrogen) atoms. The van der Waals surface area contributed by atoms with Crippen LogP contribution < -0.4 is 10.1 Å². The summed E-state index contributed by atoms with van der Waals surface area (Å²) in [5.74, 6) is -1.81. The molecule has 2 bridgehead atoms. The molecule has 1 heterocycles. The average molecular weight is 384 g/mol. The van der Waals surface area contributed by atoms with E-state index in [1.807, 2.05) is 12.2 Å². The van der Waals surface area contributed by atoms with Crippen molar-refractivity contribution in [3.05, 3.63) is 36.4 Å². The molecule has 2 aliphatic carbocycles. The Kier molecular flexibility index (Phi) is 4.62. The van der Waals surface area contributed by atoms with E-state index in [0.717, 1.165) is 11.3 Å². The van der Waals surface area contributed by atoms with Gasteiger partial charge in [-0.15, -0.1) is 0 Å². The number of nitrogens with one attached hydrogen (secondary N) is 1. The van der Waals surface area contributed by atoms with Crippen molar-refractivity contribution in [3.8, 4) is 5.75 Å². The number of allylic oxidation sites excluding steroid dienone is 2. The van der Waals surface area contributed by atoms with E-state index in [-0.39, 0.29) is 35.5 Å². The molecule has 2 fully saturated rings.